The third-order valence-electron chi connectivity index (χ3n) is 3.42. The van der Waals surface area contributed by atoms with Gasteiger partial charge in [-0.1, -0.05) is 6.42 Å². The van der Waals surface area contributed by atoms with Gasteiger partial charge in [-0.15, -0.1) is 0 Å². The van der Waals surface area contributed by atoms with Gasteiger partial charge >= 0.3 is 6.09 Å². The van der Waals surface area contributed by atoms with Crippen LogP contribution in [0.25, 0.3) is 0 Å². The maximum absolute atomic E-state index is 13.3. The summed E-state index contributed by atoms with van der Waals surface area (Å²) < 4.78 is 19.1. The van der Waals surface area contributed by atoms with Crippen molar-refractivity contribution in [2.24, 2.45) is 0 Å². The largest absolute Gasteiger partial charge is 0.488 e. The summed E-state index contributed by atoms with van der Waals surface area (Å²) >= 11 is 0. The highest BCUT2D eigenvalue weighted by molar-refractivity contribution is 5.87. The van der Waals surface area contributed by atoms with Crippen LogP contribution in [0, 0.1) is 5.82 Å². The molecule has 1 aromatic rings. The van der Waals surface area contributed by atoms with Crippen molar-refractivity contribution in [2.75, 3.05) is 11.9 Å². The average Bonchev–Trinajstić information content (AvgIpc) is 2.39. The molecule has 0 saturated heterocycles. The van der Waals surface area contributed by atoms with Gasteiger partial charge in [0, 0.05) is 13.1 Å². The highest BCUT2D eigenvalue weighted by atomic mass is 19.1. The fourth-order valence-electron chi connectivity index (χ4n) is 2.33. The number of halogens is 1. The fraction of sp³-hybridized carbons (Fsp3) is 0.500. The quantitative estimate of drug-likeness (QED) is 0.909. The summed E-state index contributed by atoms with van der Waals surface area (Å²) in [5.74, 6) is -0.120. The van der Waals surface area contributed by atoms with E-state index in [4.69, 9.17) is 9.84 Å². The molecule has 0 spiro atoms. The molecule has 1 aliphatic rings. The van der Waals surface area contributed by atoms with E-state index in [-0.39, 0.29) is 6.10 Å². The number of hydrogen-bond donors (Lipinski definition) is 1. The van der Waals surface area contributed by atoms with Crippen LogP contribution >= 0.6 is 0 Å². The molecule has 1 fully saturated rings. The molecule has 0 aromatic heterocycles. The Hall–Kier alpha value is -1.78. The Bertz CT molecular complexity index is 458. The predicted molar refractivity (Wildman–Crippen MR) is 70.3 cm³/mol. The van der Waals surface area contributed by atoms with Crippen LogP contribution in [0.1, 0.15) is 32.1 Å². The van der Waals surface area contributed by atoms with E-state index in [0.717, 1.165) is 30.6 Å². The molecule has 4 nitrogen and oxygen atoms in total. The monoisotopic (exact) mass is 267 g/mol. The maximum Gasteiger partial charge on any atom is 0.411 e. The average molecular weight is 267 g/mol. The van der Waals surface area contributed by atoms with E-state index in [0.29, 0.717) is 11.4 Å². The number of rotatable bonds is 3. The number of anilines is 1. The lowest BCUT2D eigenvalue weighted by Crippen LogP contribution is -2.26. The van der Waals surface area contributed by atoms with Crippen LogP contribution in [0.3, 0.4) is 0 Å². The molecule has 0 radical (unpaired) electrons. The van der Waals surface area contributed by atoms with Crippen LogP contribution in [0.15, 0.2) is 18.2 Å². The first-order valence-electron chi connectivity index (χ1n) is 6.51. The molecular formula is C14H18FNO3. The molecule has 0 bridgehead atoms. The van der Waals surface area contributed by atoms with Crippen LogP contribution < -0.4 is 9.64 Å². The summed E-state index contributed by atoms with van der Waals surface area (Å²) in [5, 5.41) is 9.01. The van der Waals surface area contributed by atoms with Crippen LogP contribution in [0.4, 0.5) is 14.9 Å². The Morgan fingerprint density at radius 1 is 1.37 bits per heavy atom. The Morgan fingerprint density at radius 3 is 2.68 bits per heavy atom. The van der Waals surface area contributed by atoms with Crippen molar-refractivity contribution in [1.82, 2.24) is 0 Å². The summed E-state index contributed by atoms with van der Waals surface area (Å²) in [7, 11) is 1.42. The molecular weight excluding hydrogens is 249 g/mol. The number of nitrogens with zero attached hydrogens (tertiary/aromatic N) is 1. The minimum Gasteiger partial charge on any atom is -0.488 e. The molecule has 0 aliphatic heterocycles. The van der Waals surface area contributed by atoms with E-state index >= 15 is 0 Å². The van der Waals surface area contributed by atoms with Crippen molar-refractivity contribution in [3.05, 3.63) is 24.0 Å². The normalized spacial score (nSPS) is 16.1. The van der Waals surface area contributed by atoms with Gasteiger partial charge in [0.05, 0.1) is 11.8 Å². The number of benzene rings is 1. The number of amides is 1. The molecule has 0 heterocycles. The van der Waals surface area contributed by atoms with Crippen molar-refractivity contribution >= 4 is 11.8 Å². The van der Waals surface area contributed by atoms with Crippen LogP contribution in [0.5, 0.6) is 5.75 Å². The summed E-state index contributed by atoms with van der Waals surface area (Å²) in [5.41, 5.74) is 0.375. The van der Waals surface area contributed by atoms with Crippen molar-refractivity contribution in [1.29, 1.82) is 0 Å². The molecule has 104 valence electrons. The molecule has 1 aliphatic carbocycles. The minimum absolute atomic E-state index is 0.0523. The standard InChI is InChI=1S/C14H18FNO3/c1-16(14(17)18)12-8-7-10(15)9-13(12)19-11-5-3-2-4-6-11/h7-9,11H,2-6H2,1H3,(H,17,18). The zero-order chi connectivity index (χ0) is 13.8. The van der Waals surface area contributed by atoms with Gasteiger partial charge in [-0.05, 0) is 37.8 Å². The summed E-state index contributed by atoms with van der Waals surface area (Å²) in [4.78, 5) is 12.0. The molecule has 1 N–H and O–H groups in total. The SMILES string of the molecule is CN(C(=O)O)c1ccc(F)cc1OC1CCCCC1. The van der Waals surface area contributed by atoms with E-state index in [9.17, 15) is 9.18 Å². The first-order valence-corrected chi connectivity index (χ1v) is 6.51. The van der Waals surface area contributed by atoms with Crippen LogP contribution in [0.2, 0.25) is 0 Å². The third-order valence-corrected chi connectivity index (χ3v) is 3.42. The summed E-state index contributed by atoms with van der Waals surface area (Å²) in [6.45, 7) is 0. The topological polar surface area (TPSA) is 49.8 Å². The number of carboxylic acid groups (broad SMARTS) is 1. The molecule has 0 atom stereocenters. The Labute approximate surface area is 111 Å². The van der Waals surface area contributed by atoms with Crippen LogP contribution in [-0.2, 0) is 0 Å². The summed E-state index contributed by atoms with van der Waals surface area (Å²) in [6, 6.07) is 3.92. The van der Waals surface area contributed by atoms with Gasteiger partial charge in [-0.2, -0.15) is 0 Å². The van der Waals surface area contributed by atoms with E-state index in [2.05, 4.69) is 0 Å². The first kappa shape index (κ1) is 13.6. The Balaban J connectivity index is 2.21. The van der Waals surface area contributed by atoms with E-state index in [1.54, 1.807) is 0 Å². The highest BCUT2D eigenvalue weighted by Crippen LogP contribution is 2.32. The Kier molecular flexibility index (Phi) is 4.24. The van der Waals surface area contributed by atoms with Crippen LogP contribution in [-0.4, -0.2) is 24.4 Å². The Morgan fingerprint density at radius 2 is 2.05 bits per heavy atom. The molecule has 5 heteroatoms. The van der Waals surface area contributed by atoms with Crippen molar-refractivity contribution in [3.8, 4) is 5.75 Å². The second-order valence-corrected chi connectivity index (χ2v) is 4.83. The maximum atomic E-state index is 13.3. The second-order valence-electron chi connectivity index (χ2n) is 4.83. The lowest BCUT2D eigenvalue weighted by atomic mass is 9.98. The van der Waals surface area contributed by atoms with Gasteiger partial charge in [0.15, 0.2) is 0 Å². The van der Waals surface area contributed by atoms with Gasteiger partial charge in [0.2, 0.25) is 0 Å². The number of hydrogen-bond acceptors (Lipinski definition) is 2. The first-order chi connectivity index (χ1) is 9.08. The lowest BCUT2D eigenvalue weighted by molar-refractivity contribution is 0.154. The van der Waals surface area contributed by atoms with Gasteiger partial charge in [0.25, 0.3) is 0 Å². The van der Waals surface area contributed by atoms with Gasteiger partial charge in [-0.25, -0.2) is 9.18 Å². The molecule has 1 amide bonds. The molecule has 2 rings (SSSR count). The van der Waals surface area contributed by atoms with Crippen molar-refractivity contribution in [3.63, 3.8) is 0 Å². The summed E-state index contributed by atoms with van der Waals surface area (Å²) in [6.07, 6.45) is 4.23. The van der Waals surface area contributed by atoms with Gasteiger partial charge in [-0.3, -0.25) is 4.90 Å². The smallest absolute Gasteiger partial charge is 0.411 e. The van der Waals surface area contributed by atoms with E-state index < -0.39 is 11.9 Å². The van der Waals surface area contributed by atoms with E-state index in [1.165, 1.54) is 31.7 Å². The molecule has 1 saturated carbocycles. The van der Waals surface area contributed by atoms with Crippen molar-refractivity contribution < 1.29 is 19.0 Å². The zero-order valence-electron chi connectivity index (χ0n) is 10.9. The van der Waals surface area contributed by atoms with Gasteiger partial charge in [0.1, 0.15) is 11.6 Å². The third kappa shape index (κ3) is 3.36. The second kappa shape index (κ2) is 5.91. The lowest BCUT2D eigenvalue weighted by Gasteiger charge is -2.25. The number of ether oxygens (including phenoxy) is 1. The molecule has 1 aromatic carbocycles. The van der Waals surface area contributed by atoms with Gasteiger partial charge < -0.3 is 9.84 Å². The number of carbonyl (C=O) groups is 1. The predicted octanol–water partition coefficient (Wildman–Crippen LogP) is 3.65. The molecule has 19 heavy (non-hydrogen) atoms. The minimum atomic E-state index is -1.10. The molecule has 0 unspecified atom stereocenters. The fourth-order valence-corrected chi connectivity index (χ4v) is 2.33. The highest BCUT2D eigenvalue weighted by Gasteiger charge is 2.20. The zero-order valence-corrected chi connectivity index (χ0v) is 10.9. The van der Waals surface area contributed by atoms with E-state index in [1.807, 2.05) is 0 Å². The van der Waals surface area contributed by atoms with Crippen molar-refractivity contribution in [2.45, 2.75) is 38.2 Å².